The first-order valence-electron chi connectivity index (χ1n) is 28.7. The fraction of sp³-hybridized carbons (Fsp3) is 0.803. The van der Waals surface area contributed by atoms with Gasteiger partial charge in [0.2, 0.25) is 0 Å². The fourth-order valence-electron chi connectivity index (χ4n) is 11.2. The maximum atomic E-state index is 12.7. The number of epoxide rings is 4. The third-order valence-corrected chi connectivity index (χ3v) is 16.8. The molecule has 0 aromatic heterocycles. The molecule has 6 N–H and O–H groups in total. The average Bonchev–Trinajstić information content (AvgIpc) is 4.21. The third kappa shape index (κ3) is 19.8. The molecule has 0 radical (unpaired) electrons. The predicted octanol–water partition coefficient (Wildman–Crippen LogP) is 7.10. The van der Waals surface area contributed by atoms with Crippen LogP contribution in [0.25, 0.3) is 0 Å². The van der Waals surface area contributed by atoms with E-state index in [1.165, 1.54) is 13.8 Å². The summed E-state index contributed by atoms with van der Waals surface area (Å²) < 4.78 is 46.1. The van der Waals surface area contributed by atoms with Crippen LogP contribution in [0.3, 0.4) is 0 Å². The zero-order valence-corrected chi connectivity index (χ0v) is 48.8. The molecule has 6 aliphatic heterocycles. The van der Waals surface area contributed by atoms with Crippen molar-refractivity contribution >= 4 is 23.9 Å². The van der Waals surface area contributed by atoms with Gasteiger partial charge in [0.1, 0.15) is 53.4 Å². The number of carbonyl (C=O) groups is 4. The van der Waals surface area contributed by atoms with Crippen molar-refractivity contribution in [2.45, 2.75) is 277 Å². The standard InChI is InChI=1S/2C30H48O9.CH4/c1-8-22(33)19(4)27-23(37-27)15-17(2)9-11-25-30(7,39-25)28-18(3)10-12-24(36-20(5)31)29(6,35)14-13-21(32)16-26(34)38-28;1-8-22(33)19(5)29-24(38-29)14-18(4)28-23(37-28)13-17(3)27-16(2)9-10-25(36-20(6)31)30(7,35)12-11-21(32)15-26(34)39-27;/h9-12,17-19,21-25,27-28,32-33,35H,8,13-16H2,1-7H3;9-10,13,16,18-19,21-25,27-29,32-33,35H,8,11-12,14-15H2,1-7H3;1H4/b11-9+,12-10+;10-9+,17-13+;. The van der Waals surface area contributed by atoms with Crippen molar-refractivity contribution in [2.75, 3.05) is 0 Å². The predicted molar refractivity (Wildman–Crippen MR) is 296 cm³/mol. The molecule has 18 nitrogen and oxygen atoms in total. The number of rotatable bonds is 18. The molecule has 0 bridgehead atoms. The Balaban J connectivity index is 0.000000336. The Hall–Kier alpha value is -3.56. The molecule has 79 heavy (non-hydrogen) atoms. The summed E-state index contributed by atoms with van der Waals surface area (Å²) in [5.74, 6) is -1.99. The smallest absolute Gasteiger partial charge is 0.309 e. The van der Waals surface area contributed by atoms with E-state index in [1.54, 1.807) is 38.2 Å². The molecule has 0 aromatic rings. The van der Waals surface area contributed by atoms with Gasteiger partial charge in [0, 0.05) is 37.5 Å². The van der Waals surface area contributed by atoms with Crippen LogP contribution in [0.1, 0.15) is 169 Å². The highest BCUT2D eigenvalue weighted by Gasteiger charge is 2.60. The van der Waals surface area contributed by atoms with Crippen LogP contribution < -0.4 is 0 Å². The zero-order valence-electron chi connectivity index (χ0n) is 48.8. The molecule has 24 atom stereocenters. The number of aliphatic hydroxyl groups excluding tert-OH is 4. The van der Waals surface area contributed by atoms with E-state index in [0.29, 0.717) is 12.8 Å². The summed E-state index contributed by atoms with van der Waals surface area (Å²) >= 11 is 0. The Morgan fingerprint density at radius 1 is 0.709 bits per heavy atom. The molecule has 24 unspecified atom stereocenters. The number of carbonyl (C=O) groups excluding carboxylic acids is 4. The van der Waals surface area contributed by atoms with Crippen molar-refractivity contribution in [3.05, 3.63) is 48.1 Å². The van der Waals surface area contributed by atoms with E-state index in [-0.39, 0.29) is 136 Å². The van der Waals surface area contributed by atoms with Crippen molar-refractivity contribution in [3.63, 3.8) is 0 Å². The fourth-order valence-corrected chi connectivity index (χ4v) is 11.2. The van der Waals surface area contributed by atoms with E-state index in [2.05, 4.69) is 19.9 Å². The number of aliphatic hydroxyl groups is 6. The Labute approximate surface area is 470 Å². The number of hydrogen-bond donors (Lipinski definition) is 6. The maximum Gasteiger partial charge on any atom is 0.309 e. The number of ether oxygens (including phenoxy) is 8. The van der Waals surface area contributed by atoms with E-state index < -0.39 is 77.3 Å². The van der Waals surface area contributed by atoms with Gasteiger partial charge in [-0.1, -0.05) is 93.2 Å². The monoisotopic (exact) mass is 1120 g/mol. The van der Waals surface area contributed by atoms with Crippen LogP contribution in [-0.4, -0.2) is 163 Å². The number of cyclic esters (lactones) is 2. The van der Waals surface area contributed by atoms with Gasteiger partial charge in [-0.3, -0.25) is 19.2 Å². The third-order valence-electron chi connectivity index (χ3n) is 16.8. The van der Waals surface area contributed by atoms with Gasteiger partial charge < -0.3 is 68.5 Å². The molecule has 0 spiro atoms. The van der Waals surface area contributed by atoms with Crippen LogP contribution in [0, 0.1) is 35.5 Å². The molecule has 6 heterocycles. The van der Waals surface area contributed by atoms with Gasteiger partial charge in [-0.05, 0) is 109 Å². The van der Waals surface area contributed by atoms with Crippen molar-refractivity contribution < 1.29 is 87.7 Å². The largest absolute Gasteiger partial charge is 0.458 e. The van der Waals surface area contributed by atoms with E-state index in [9.17, 15) is 49.8 Å². The minimum absolute atomic E-state index is 0. The highest BCUT2D eigenvalue weighted by Crippen LogP contribution is 2.46. The van der Waals surface area contributed by atoms with Gasteiger partial charge in [-0.15, -0.1) is 0 Å². The summed E-state index contributed by atoms with van der Waals surface area (Å²) in [6.45, 7) is 25.5. The molecule has 4 fully saturated rings. The van der Waals surface area contributed by atoms with Gasteiger partial charge in [0.25, 0.3) is 0 Å². The first-order valence-corrected chi connectivity index (χ1v) is 28.7. The molecule has 0 aromatic carbocycles. The lowest BCUT2D eigenvalue weighted by atomic mass is 9.86. The van der Waals surface area contributed by atoms with Gasteiger partial charge in [-0.25, -0.2) is 0 Å². The molecule has 0 amide bonds. The minimum atomic E-state index is -1.42. The van der Waals surface area contributed by atoms with Crippen LogP contribution in [0.4, 0.5) is 0 Å². The van der Waals surface area contributed by atoms with Gasteiger partial charge in [0.05, 0.1) is 67.8 Å². The number of esters is 4. The molecular weight excluding hydrogens is 1020 g/mol. The molecule has 6 rings (SSSR count). The molecule has 452 valence electrons. The van der Waals surface area contributed by atoms with Gasteiger partial charge >= 0.3 is 23.9 Å². The highest BCUT2D eigenvalue weighted by molar-refractivity contribution is 5.71. The molecule has 4 saturated heterocycles. The first kappa shape index (κ1) is 67.9. The maximum absolute atomic E-state index is 12.7. The van der Waals surface area contributed by atoms with E-state index in [0.717, 1.165) is 18.4 Å². The second-order valence-electron chi connectivity index (χ2n) is 24.3. The second-order valence-corrected chi connectivity index (χ2v) is 24.3. The first-order chi connectivity index (χ1) is 36.4. The van der Waals surface area contributed by atoms with Gasteiger partial charge in [-0.2, -0.15) is 0 Å². The Bertz CT molecular complexity index is 2120. The SMILES string of the molecule is C.CCC(O)C(C)C1OC1CC(C)/C=C/C1OC1(C)C1OC(=O)CC(O)CCC(C)(O)C(OC(C)=O)/C=C/C1C.CCC(O)C(C)C1OC1CC(C)C1OC1/C=C(\C)C1OC(=O)CC(O)CCC(C)(O)C(OC(C)=O)/C=C/C1C. The van der Waals surface area contributed by atoms with Crippen molar-refractivity contribution in [1.29, 1.82) is 0 Å². The minimum Gasteiger partial charge on any atom is -0.458 e. The summed E-state index contributed by atoms with van der Waals surface area (Å²) in [4.78, 5) is 48.8. The second kappa shape index (κ2) is 29.1. The lowest BCUT2D eigenvalue weighted by Gasteiger charge is -2.33. The molecule has 0 saturated carbocycles. The van der Waals surface area contributed by atoms with Crippen LogP contribution in [-0.2, 0) is 57.1 Å². The summed E-state index contributed by atoms with van der Waals surface area (Å²) in [7, 11) is 0. The normalized spacial score (nSPS) is 41.1. The lowest BCUT2D eigenvalue weighted by molar-refractivity contribution is -0.159. The van der Waals surface area contributed by atoms with Crippen molar-refractivity contribution in [3.8, 4) is 0 Å². The van der Waals surface area contributed by atoms with Crippen LogP contribution in [0.5, 0.6) is 0 Å². The van der Waals surface area contributed by atoms with Crippen molar-refractivity contribution in [1.82, 2.24) is 0 Å². The summed E-state index contributed by atoms with van der Waals surface area (Å²) in [5.41, 5.74) is -2.78. The van der Waals surface area contributed by atoms with Crippen LogP contribution >= 0.6 is 0 Å². The summed E-state index contributed by atoms with van der Waals surface area (Å²) in [6.07, 6.45) is 10.5. The Morgan fingerprint density at radius 2 is 1.18 bits per heavy atom. The summed E-state index contributed by atoms with van der Waals surface area (Å²) in [6, 6.07) is 0. The quantitative estimate of drug-likeness (QED) is 0.0345. The number of hydrogen-bond acceptors (Lipinski definition) is 18. The zero-order chi connectivity index (χ0) is 58.2. The highest BCUT2D eigenvalue weighted by atomic mass is 16.7. The Kier molecular flexibility index (Phi) is 25.0. The summed E-state index contributed by atoms with van der Waals surface area (Å²) in [5, 5.41) is 62.9. The molecular formula is C61H100O18. The van der Waals surface area contributed by atoms with Gasteiger partial charge in [0.15, 0.2) is 0 Å². The molecule has 0 aliphatic carbocycles. The van der Waals surface area contributed by atoms with Crippen LogP contribution in [0.2, 0.25) is 0 Å². The topological polar surface area (TPSA) is 277 Å². The van der Waals surface area contributed by atoms with Crippen LogP contribution in [0.15, 0.2) is 48.1 Å². The Morgan fingerprint density at radius 3 is 1.66 bits per heavy atom. The molecule has 6 aliphatic rings. The van der Waals surface area contributed by atoms with E-state index in [4.69, 9.17) is 37.9 Å². The molecule has 18 heteroatoms. The number of allylic oxidation sites excluding steroid dienone is 1. The van der Waals surface area contributed by atoms with E-state index in [1.807, 2.05) is 67.5 Å². The van der Waals surface area contributed by atoms with E-state index >= 15 is 0 Å². The lowest BCUT2D eigenvalue weighted by Crippen LogP contribution is -2.43. The average molecular weight is 1120 g/mol. The van der Waals surface area contributed by atoms with Crippen molar-refractivity contribution in [2.24, 2.45) is 35.5 Å².